The highest BCUT2D eigenvalue weighted by atomic mass is 19.4. The van der Waals surface area contributed by atoms with Gasteiger partial charge in [0.05, 0.1) is 31.2 Å². The van der Waals surface area contributed by atoms with Gasteiger partial charge in [0.15, 0.2) is 11.1 Å². The predicted molar refractivity (Wildman–Crippen MR) is 164 cm³/mol. The molecule has 49 heavy (non-hydrogen) atoms. The van der Waals surface area contributed by atoms with E-state index in [0.717, 1.165) is 6.42 Å². The van der Waals surface area contributed by atoms with Gasteiger partial charge in [0.2, 0.25) is 11.8 Å². The summed E-state index contributed by atoms with van der Waals surface area (Å²) in [5, 5.41) is 6.74. The van der Waals surface area contributed by atoms with Crippen molar-refractivity contribution < 1.29 is 55.3 Å². The van der Waals surface area contributed by atoms with E-state index in [1.165, 1.54) is 50.7 Å². The summed E-state index contributed by atoms with van der Waals surface area (Å²) in [5.41, 5.74) is -3.44. The van der Waals surface area contributed by atoms with Crippen molar-refractivity contribution in [1.29, 1.82) is 0 Å². The SMILES string of the molecule is CCOC(=O)C1(Cc2cnn3cc(CNC(=O)OC(C)(C)C)nc3c2)CC(C(F)(F)F)N(C(=O)OC(C)(C)C)C1=O.FC1(F)CCCCC1. The number of imidazole rings is 1. The van der Waals surface area contributed by atoms with Crippen LogP contribution in [0.5, 0.6) is 0 Å². The third-order valence-corrected chi connectivity index (χ3v) is 7.45. The number of nitrogens with zero attached hydrogens (tertiary/aromatic N) is 4. The molecule has 2 unspecified atom stereocenters. The largest absolute Gasteiger partial charge is 0.465 e. The molecule has 2 fully saturated rings. The summed E-state index contributed by atoms with van der Waals surface area (Å²) in [6.45, 7) is 10.7. The van der Waals surface area contributed by atoms with Crippen molar-refractivity contribution in [2.24, 2.45) is 5.41 Å². The highest BCUT2D eigenvalue weighted by molar-refractivity contribution is 6.10. The number of imide groups is 1. The summed E-state index contributed by atoms with van der Waals surface area (Å²) in [4.78, 5) is 55.8. The van der Waals surface area contributed by atoms with Gasteiger partial charge in [0, 0.05) is 19.3 Å². The molecule has 2 aromatic heterocycles. The third-order valence-electron chi connectivity index (χ3n) is 7.45. The fourth-order valence-electron chi connectivity index (χ4n) is 5.37. The number of fused-ring (bicyclic) bond motifs is 1. The molecule has 1 saturated heterocycles. The van der Waals surface area contributed by atoms with E-state index in [-0.39, 0.29) is 42.1 Å². The Morgan fingerprint density at radius 3 is 2.12 bits per heavy atom. The maximum atomic E-state index is 14.1. The van der Waals surface area contributed by atoms with Crippen LogP contribution >= 0.6 is 0 Å². The molecule has 17 heteroatoms. The molecule has 3 heterocycles. The minimum absolute atomic E-state index is 0.00301. The van der Waals surface area contributed by atoms with Gasteiger partial charge in [0.25, 0.3) is 0 Å². The van der Waals surface area contributed by atoms with Crippen LogP contribution < -0.4 is 5.32 Å². The monoisotopic (exact) mass is 705 g/mol. The molecule has 1 aliphatic heterocycles. The Balaban J connectivity index is 0.000000710. The molecule has 0 aromatic carbocycles. The van der Waals surface area contributed by atoms with Crippen LogP contribution in [0.15, 0.2) is 18.5 Å². The van der Waals surface area contributed by atoms with E-state index < -0.39 is 71.7 Å². The number of halogens is 5. The Morgan fingerprint density at radius 1 is 1.00 bits per heavy atom. The molecule has 1 aliphatic carbocycles. The summed E-state index contributed by atoms with van der Waals surface area (Å²) in [7, 11) is 0. The number of aromatic nitrogens is 3. The zero-order valence-electron chi connectivity index (χ0n) is 28.7. The maximum absolute atomic E-state index is 14.1. The molecular formula is C32H44F5N5O7. The topological polar surface area (TPSA) is 141 Å². The zero-order chi connectivity index (χ0) is 37.0. The Bertz CT molecular complexity index is 1510. The second-order valence-corrected chi connectivity index (χ2v) is 14.1. The Morgan fingerprint density at radius 2 is 1.61 bits per heavy atom. The van der Waals surface area contributed by atoms with E-state index >= 15 is 0 Å². The average molecular weight is 706 g/mol. The van der Waals surface area contributed by atoms with Crippen LogP contribution in [0, 0.1) is 5.41 Å². The average Bonchev–Trinajstić information content (AvgIpc) is 3.49. The second-order valence-electron chi connectivity index (χ2n) is 14.1. The summed E-state index contributed by atoms with van der Waals surface area (Å²) >= 11 is 0. The predicted octanol–water partition coefficient (Wildman–Crippen LogP) is 6.53. The Kier molecular flexibility index (Phi) is 11.9. The van der Waals surface area contributed by atoms with E-state index in [2.05, 4.69) is 15.4 Å². The molecule has 4 rings (SSSR count). The molecule has 2 aliphatic rings. The fraction of sp³-hybridized carbons (Fsp3) is 0.688. The Labute approximate surface area is 281 Å². The quantitative estimate of drug-likeness (QED) is 0.154. The van der Waals surface area contributed by atoms with Gasteiger partial charge in [-0.3, -0.25) is 9.59 Å². The minimum Gasteiger partial charge on any atom is -0.465 e. The lowest BCUT2D eigenvalue weighted by Crippen LogP contribution is -2.50. The van der Waals surface area contributed by atoms with Gasteiger partial charge in [-0.15, -0.1) is 0 Å². The van der Waals surface area contributed by atoms with E-state index in [1.807, 2.05) is 0 Å². The van der Waals surface area contributed by atoms with Crippen LogP contribution in [0.25, 0.3) is 5.65 Å². The van der Waals surface area contributed by atoms with E-state index in [9.17, 15) is 41.1 Å². The fourth-order valence-corrected chi connectivity index (χ4v) is 5.37. The van der Waals surface area contributed by atoms with E-state index in [1.54, 1.807) is 20.8 Å². The number of carbonyl (C=O) groups excluding carboxylic acids is 4. The number of hydrogen-bond acceptors (Lipinski definition) is 9. The van der Waals surface area contributed by atoms with Crippen LogP contribution in [-0.4, -0.2) is 79.5 Å². The van der Waals surface area contributed by atoms with Crippen molar-refractivity contribution in [3.8, 4) is 0 Å². The first kappa shape index (κ1) is 39.4. The number of esters is 1. The Hall–Kier alpha value is -4.05. The molecule has 3 amide bonds. The number of nitrogens with one attached hydrogen (secondary N) is 1. The van der Waals surface area contributed by atoms with Crippen LogP contribution in [-0.2, 0) is 36.8 Å². The molecule has 0 bridgehead atoms. The number of carbonyl (C=O) groups is 4. The molecule has 12 nitrogen and oxygen atoms in total. The van der Waals surface area contributed by atoms with Crippen molar-refractivity contribution in [1.82, 2.24) is 24.8 Å². The molecule has 2 aromatic rings. The first-order chi connectivity index (χ1) is 22.5. The first-order valence-corrected chi connectivity index (χ1v) is 15.9. The van der Waals surface area contributed by atoms with Gasteiger partial charge in [-0.05, 0) is 79.4 Å². The van der Waals surface area contributed by atoms with Crippen molar-refractivity contribution in [2.75, 3.05) is 6.61 Å². The smallest absolute Gasteiger partial charge is 0.417 e. The number of likely N-dealkylation sites (tertiary alicyclic amines) is 1. The molecule has 1 saturated carbocycles. The summed E-state index contributed by atoms with van der Waals surface area (Å²) < 4.78 is 83.4. The third kappa shape index (κ3) is 10.7. The van der Waals surface area contributed by atoms with Crippen molar-refractivity contribution in [3.63, 3.8) is 0 Å². The summed E-state index contributed by atoms with van der Waals surface area (Å²) in [6.07, 6.45) is -3.36. The summed E-state index contributed by atoms with van der Waals surface area (Å²) in [5.74, 6) is -4.90. The number of rotatable bonds is 6. The first-order valence-electron chi connectivity index (χ1n) is 15.9. The number of alkyl halides is 5. The number of hydrogen-bond donors (Lipinski definition) is 1. The van der Waals surface area contributed by atoms with Gasteiger partial charge in [-0.1, -0.05) is 6.42 Å². The number of ether oxygens (including phenoxy) is 3. The zero-order valence-corrected chi connectivity index (χ0v) is 28.7. The lowest BCUT2D eigenvalue weighted by atomic mass is 9.79. The molecule has 1 N–H and O–H groups in total. The lowest BCUT2D eigenvalue weighted by Gasteiger charge is -2.28. The van der Waals surface area contributed by atoms with E-state index in [0.29, 0.717) is 18.5 Å². The normalized spacial score (nSPS) is 21.1. The van der Waals surface area contributed by atoms with Crippen molar-refractivity contribution in [3.05, 3.63) is 29.7 Å². The van der Waals surface area contributed by atoms with E-state index in [4.69, 9.17) is 14.2 Å². The van der Waals surface area contributed by atoms with Crippen molar-refractivity contribution in [2.45, 2.75) is 129 Å². The molecule has 0 radical (unpaired) electrons. The molecule has 0 spiro atoms. The van der Waals surface area contributed by atoms with Crippen LogP contribution in [0.1, 0.15) is 98.2 Å². The number of amides is 3. The minimum atomic E-state index is -5.04. The molecule has 2 atom stereocenters. The van der Waals surface area contributed by atoms with Crippen LogP contribution in [0.2, 0.25) is 0 Å². The highest BCUT2D eigenvalue weighted by Gasteiger charge is 2.66. The summed E-state index contributed by atoms with van der Waals surface area (Å²) in [6, 6.07) is -1.17. The van der Waals surface area contributed by atoms with Gasteiger partial charge < -0.3 is 19.5 Å². The number of alkyl carbamates (subject to hydrolysis) is 1. The molecular weight excluding hydrogens is 661 g/mol. The van der Waals surface area contributed by atoms with Gasteiger partial charge in [-0.2, -0.15) is 18.3 Å². The lowest BCUT2D eigenvalue weighted by molar-refractivity contribution is -0.177. The van der Waals surface area contributed by atoms with Crippen LogP contribution in [0.3, 0.4) is 0 Å². The van der Waals surface area contributed by atoms with Gasteiger partial charge >= 0.3 is 24.3 Å². The standard InChI is InChI=1S/C26H34F3N5O7.C6H10F2/c1-8-39-20(36)25(11-17(26(27,28)29)34(19(25)35)22(38)41-24(5,6)7)10-15-9-18-32-16(14-33(18)31-12-15)13-30-21(37)40-23(2,3)4;7-6(8)4-2-1-3-5-6/h9,12,14,17H,8,10-11,13H2,1-7H3,(H,30,37);1-5H2. The second kappa shape index (κ2) is 14.8. The van der Waals surface area contributed by atoms with Gasteiger partial charge in [-0.25, -0.2) is 32.8 Å². The molecule has 274 valence electrons. The van der Waals surface area contributed by atoms with Crippen LogP contribution in [0.4, 0.5) is 31.5 Å². The maximum Gasteiger partial charge on any atom is 0.417 e. The van der Waals surface area contributed by atoms with Crippen molar-refractivity contribution >= 4 is 29.7 Å². The highest BCUT2D eigenvalue weighted by Crippen LogP contribution is 2.46. The van der Waals surface area contributed by atoms with Gasteiger partial charge in [0.1, 0.15) is 17.2 Å².